The highest BCUT2D eigenvalue weighted by Crippen LogP contribution is 2.44. The van der Waals surface area contributed by atoms with Gasteiger partial charge in [-0.3, -0.25) is 0 Å². The van der Waals surface area contributed by atoms with E-state index in [0.717, 1.165) is 25.3 Å². The van der Waals surface area contributed by atoms with Gasteiger partial charge in [-0.05, 0) is 45.1 Å². The number of nitrogens with zero attached hydrogens (tertiary/aromatic N) is 1. The molecule has 0 aromatic heterocycles. The van der Waals surface area contributed by atoms with Gasteiger partial charge >= 0.3 is 0 Å². The molecule has 0 spiro atoms. The third-order valence-electron chi connectivity index (χ3n) is 4.59. The summed E-state index contributed by atoms with van der Waals surface area (Å²) >= 11 is 0. The molecule has 0 amide bonds. The number of β-amino-alcohol motifs (C(OH)–C–C–N with tert-alkyl or cyclic N) is 1. The zero-order valence-electron chi connectivity index (χ0n) is 12.2. The average Bonchev–Trinajstić information content (AvgIpc) is 2.33. The number of aliphatic hydroxyl groups is 1. The zero-order valence-corrected chi connectivity index (χ0v) is 12.2. The van der Waals surface area contributed by atoms with Crippen molar-refractivity contribution < 1.29 is 5.11 Å². The van der Waals surface area contributed by atoms with Crippen LogP contribution in [0.1, 0.15) is 47.0 Å². The standard InChI is InChI=1S/C16H27NO/c1-5-13(18)11-17-15-9-7-6-8-14(15)12(2)10-16(17,3)4/h6-7,9,12-14,18H,5,8,10-11H2,1-4H3. The fourth-order valence-electron chi connectivity index (χ4n) is 3.53. The molecule has 2 aliphatic rings. The van der Waals surface area contributed by atoms with E-state index in [1.54, 1.807) is 0 Å². The maximum absolute atomic E-state index is 10.0. The predicted octanol–water partition coefficient (Wildman–Crippen LogP) is 3.34. The van der Waals surface area contributed by atoms with Crippen molar-refractivity contribution in [3.63, 3.8) is 0 Å². The van der Waals surface area contributed by atoms with Gasteiger partial charge in [-0.15, -0.1) is 0 Å². The lowest BCUT2D eigenvalue weighted by Crippen LogP contribution is -2.54. The van der Waals surface area contributed by atoms with Gasteiger partial charge in [0.15, 0.2) is 0 Å². The van der Waals surface area contributed by atoms with Crippen LogP contribution < -0.4 is 0 Å². The second-order valence-electron chi connectivity index (χ2n) is 6.53. The number of fused-ring (bicyclic) bond motifs is 1. The minimum absolute atomic E-state index is 0.156. The summed E-state index contributed by atoms with van der Waals surface area (Å²) in [7, 11) is 0. The Hall–Kier alpha value is -0.760. The summed E-state index contributed by atoms with van der Waals surface area (Å²) in [6, 6.07) is 0. The monoisotopic (exact) mass is 249 g/mol. The lowest BCUT2D eigenvalue weighted by molar-refractivity contribution is 0.0189. The minimum Gasteiger partial charge on any atom is -0.391 e. The first-order chi connectivity index (χ1) is 8.45. The molecular weight excluding hydrogens is 222 g/mol. The number of likely N-dealkylation sites (tertiary alicyclic amines) is 1. The Kier molecular flexibility index (Phi) is 3.86. The van der Waals surface area contributed by atoms with Crippen LogP contribution in [0, 0.1) is 11.8 Å². The minimum atomic E-state index is -0.217. The van der Waals surface area contributed by atoms with Gasteiger partial charge in [-0.2, -0.15) is 0 Å². The van der Waals surface area contributed by atoms with Crippen molar-refractivity contribution in [3.05, 3.63) is 23.9 Å². The third kappa shape index (κ3) is 2.49. The van der Waals surface area contributed by atoms with E-state index in [4.69, 9.17) is 0 Å². The molecule has 0 bridgehead atoms. The molecule has 1 aliphatic heterocycles. The summed E-state index contributed by atoms with van der Waals surface area (Å²) in [5.41, 5.74) is 1.59. The summed E-state index contributed by atoms with van der Waals surface area (Å²) in [4.78, 5) is 2.45. The number of hydrogen-bond acceptors (Lipinski definition) is 2. The lowest BCUT2D eigenvalue weighted by atomic mass is 9.72. The van der Waals surface area contributed by atoms with Gasteiger partial charge in [-0.25, -0.2) is 0 Å². The third-order valence-corrected chi connectivity index (χ3v) is 4.59. The van der Waals surface area contributed by atoms with Crippen LogP contribution in [-0.2, 0) is 0 Å². The van der Waals surface area contributed by atoms with Crippen molar-refractivity contribution in [1.82, 2.24) is 4.90 Å². The van der Waals surface area contributed by atoms with Crippen LogP contribution >= 0.6 is 0 Å². The summed E-state index contributed by atoms with van der Waals surface area (Å²) in [5, 5.41) is 10.0. The molecule has 0 aromatic rings. The number of piperidine rings is 1. The fourth-order valence-corrected chi connectivity index (χ4v) is 3.53. The van der Waals surface area contributed by atoms with Crippen LogP contribution in [-0.4, -0.2) is 28.2 Å². The van der Waals surface area contributed by atoms with Gasteiger partial charge in [-0.1, -0.05) is 26.0 Å². The molecular formula is C16H27NO. The molecule has 1 heterocycles. The molecule has 1 aliphatic carbocycles. The van der Waals surface area contributed by atoms with Gasteiger partial charge < -0.3 is 10.0 Å². The second kappa shape index (κ2) is 5.08. The predicted molar refractivity (Wildman–Crippen MR) is 76.2 cm³/mol. The topological polar surface area (TPSA) is 23.5 Å². The number of hydrogen-bond donors (Lipinski definition) is 1. The summed E-state index contributed by atoms with van der Waals surface area (Å²) in [6.45, 7) is 9.80. The molecule has 18 heavy (non-hydrogen) atoms. The van der Waals surface area contributed by atoms with E-state index < -0.39 is 0 Å². The highest BCUT2D eigenvalue weighted by atomic mass is 16.3. The van der Waals surface area contributed by atoms with E-state index in [2.05, 4.69) is 50.8 Å². The van der Waals surface area contributed by atoms with E-state index in [9.17, 15) is 5.11 Å². The van der Waals surface area contributed by atoms with E-state index in [1.165, 1.54) is 12.1 Å². The van der Waals surface area contributed by atoms with E-state index in [-0.39, 0.29) is 11.6 Å². The van der Waals surface area contributed by atoms with Crippen LogP contribution in [0.25, 0.3) is 0 Å². The molecule has 0 radical (unpaired) electrons. The molecule has 3 unspecified atom stereocenters. The summed E-state index contributed by atoms with van der Waals surface area (Å²) in [5.74, 6) is 1.37. The molecule has 0 saturated carbocycles. The van der Waals surface area contributed by atoms with E-state index in [0.29, 0.717) is 5.92 Å². The summed E-state index contributed by atoms with van der Waals surface area (Å²) < 4.78 is 0. The van der Waals surface area contributed by atoms with Crippen molar-refractivity contribution in [2.24, 2.45) is 11.8 Å². The SMILES string of the molecule is CCC(O)CN1C2=CC=CCC2C(C)CC1(C)C. The van der Waals surface area contributed by atoms with Gasteiger partial charge in [0.2, 0.25) is 0 Å². The molecule has 2 rings (SSSR count). The normalized spacial score (nSPS) is 31.8. The Morgan fingerprint density at radius 2 is 2.22 bits per heavy atom. The Balaban J connectivity index is 2.27. The first kappa shape index (κ1) is 13.7. The van der Waals surface area contributed by atoms with Gasteiger partial charge in [0.1, 0.15) is 0 Å². The first-order valence-corrected chi connectivity index (χ1v) is 7.28. The molecule has 2 heteroatoms. The van der Waals surface area contributed by atoms with Crippen molar-refractivity contribution >= 4 is 0 Å². The second-order valence-corrected chi connectivity index (χ2v) is 6.53. The van der Waals surface area contributed by atoms with E-state index >= 15 is 0 Å². The zero-order chi connectivity index (χ0) is 13.3. The molecule has 2 nitrogen and oxygen atoms in total. The van der Waals surface area contributed by atoms with Gasteiger partial charge in [0, 0.05) is 23.7 Å². The molecule has 3 atom stereocenters. The maximum atomic E-state index is 10.0. The highest BCUT2D eigenvalue weighted by Gasteiger charge is 2.41. The quantitative estimate of drug-likeness (QED) is 0.829. The molecule has 1 saturated heterocycles. The summed E-state index contributed by atoms with van der Waals surface area (Å²) in [6.07, 6.45) is 9.68. The smallest absolute Gasteiger partial charge is 0.0712 e. The fraction of sp³-hybridized carbons (Fsp3) is 0.750. The molecule has 1 fully saturated rings. The molecule has 102 valence electrons. The first-order valence-electron chi connectivity index (χ1n) is 7.28. The largest absolute Gasteiger partial charge is 0.391 e. The van der Waals surface area contributed by atoms with Crippen LogP contribution in [0.2, 0.25) is 0 Å². The Morgan fingerprint density at radius 3 is 2.89 bits per heavy atom. The van der Waals surface area contributed by atoms with Crippen molar-refractivity contribution in [2.75, 3.05) is 6.54 Å². The number of rotatable bonds is 3. The highest BCUT2D eigenvalue weighted by molar-refractivity contribution is 5.25. The van der Waals surface area contributed by atoms with Crippen LogP contribution in [0.3, 0.4) is 0 Å². The van der Waals surface area contributed by atoms with Gasteiger partial charge in [0.25, 0.3) is 0 Å². The molecule has 0 aromatic carbocycles. The lowest BCUT2D eigenvalue weighted by Gasteiger charge is -2.52. The Labute approximate surface area is 111 Å². The number of aliphatic hydroxyl groups excluding tert-OH is 1. The van der Waals surface area contributed by atoms with Crippen LogP contribution in [0.5, 0.6) is 0 Å². The van der Waals surface area contributed by atoms with Crippen LogP contribution in [0.15, 0.2) is 23.9 Å². The van der Waals surface area contributed by atoms with Crippen LogP contribution in [0.4, 0.5) is 0 Å². The molecule has 1 N–H and O–H groups in total. The maximum Gasteiger partial charge on any atom is 0.0712 e. The number of allylic oxidation sites excluding steroid dienone is 4. The van der Waals surface area contributed by atoms with Crippen molar-refractivity contribution in [2.45, 2.75) is 58.6 Å². The van der Waals surface area contributed by atoms with Crippen molar-refractivity contribution in [1.29, 1.82) is 0 Å². The van der Waals surface area contributed by atoms with E-state index in [1.807, 2.05) is 0 Å². The van der Waals surface area contributed by atoms with Gasteiger partial charge in [0.05, 0.1) is 6.10 Å². The Morgan fingerprint density at radius 1 is 1.50 bits per heavy atom. The van der Waals surface area contributed by atoms with Crippen molar-refractivity contribution in [3.8, 4) is 0 Å². The average molecular weight is 249 g/mol. The Bertz CT molecular complexity index is 356.